The van der Waals surface area contributed by atoms with E-state index in [1.807, 2.05) is 0 Å². The molecule has 2 aromatic heterocycles. The number of benzene rings is 1. The second-order valence-corrected chi connectivity index (χ2v) is 7.31. The summed E-state index contributed by atoms with van der Waals surface area (Å²) >= 11 is 5.64. The molecule has 1 aliphatic rings. The molecule has 1 aliphatic heterocycles. The van der Waals surface area contributed by atoms with Gasteiger partial charge in [-0.1, -0.05) is 11.6 Å². The van der Waals surface area contributed by atoms with Crippen molar-refractivity contribution < 1.29 is 22.8 Å². The zero-order chi connectivity index (χ0) is 22.3. The maximum absolute atomic E-state index is 14.7. The summed E-state index contributed by atoms with van der Waals surface area (Å²) < 4.78 is 42.2. The van der Waals surface area contributed by atoms with Crippen LogP contribution >= 0.6 is 11.6 Å². The van der Waals surface area contributed by atoms with Gasteiger partial charge in [-0.25, -0.2) is 13.8 Å². The van der Waals surface area contributed by atoms with E-state index in [9.17, 15) is 22.8 Å². The Morgan fingerprint density at radius 1 is 1.19 bits per heavy atom. The lowest BCUT2D eigenvalue weighted by Crippen LogP contribution is -2.40. The summed E-state index contributed by atoms with van der Waals surface area (Å²) in [6.07, 6.45) is 2.08. The van der Waals surface area contributed by atoms with Crippen molar-refractivity contribution in [3.05, 3.63) is 71.0 Å². The molecule has 1 atom stereocenters. The average molecular weight is 447 g/mol. The topological polar surface area (TPSA) is 75.2 Å². The fourth-order valence-electron chi connectivity index (χ4n) is 3.45. The van der Waals surface area contributed by atoms with Crippen LogP contribution in [0.5, 0.6) is 0 Å². The Balaban J connectivity index is 1.73. The number of hydrogen-bond donors (Lipinski definition) is 1. The normalized spacial score (nSPS) is 15.2. The van der Waals surface area contributed by atoms with Crippen LogP contribution in [-0.2, 0) is 9.59 Å². The number of anilines is 2. The SMILES string of the molecule is CC1C(=O)N(CC(=O)Nc2ccc(Cl)c(F)c2)c2ccnc(F)c2-c2cc(F)cnc21. The molecule has 0 aliphatic carbocycles. The van der Waals surface area contributed by atoms with Gasteiger partial charge in [-0.05, 0) is 37.3 Å². The lowest BCUT2D eigenvalue weighted by atomic mass is 9.98. The lowest BCUT2D eigenvalue weighted by molar-refractivity contribution is -0.122. The Bertz CT molecular complexity index is 1220. The molecule has 1 unspecified atom stereocenters. The molecule has 1 aromatic carbocycles. The first-order valence-corrected chi connectivity index (χ1v) is 9.50. The van der Waals surface area contributed by atoms with Crippen molar-refractivity contribution in [1.82, 2.24) is 9.97 Å². The van der Waals surface area contributed by atoms with Gasteiger partial charge in [0.2, 0.25) is 17.8 Å². The number of amides is 2. The van der Waals surface area contributed by atoms with Crippen LogP contribution in [0.3, 0.4) is 0 Å². The Morgan fingerprint density at radius 3 is 2.71 bits per heavy atom. The molecule has 158 valence electrons. The van der Waals surface area contributed by atoms with Gasteiger partial charge in [0.05, 0.1) is 34.1 Å². The largest absolute Gasteiger partial charge is 0.324 e. The highest BCUT2D eigenvalue weighted by atomic mass is 35.5. The molecule has 1 N–H and O–H groups in total. The first kappa shape index (κ1) is 20.8. The monoisotopic (exact) mass is 446 g/mol. The number of nitrogens with one attached hydrogen (secondary N) is 1. The van der Waals surface area contributed by atoms with Crippen LogP contribution in [-0.4, -0.2) is 28.3 Å². The van der Waals surface area contributed by atoms with E-state index < -0.39 is 41.9 Å². The van der Waals surface area contributed by atoms with Crippen molar-refractivity contribution in [2.24, 2.45) is 0 Å². The summed E-state index contributed by atoms with van der Waals surface area (Å²) in [7, 11) is 0. The van der Waals surface area contributed by atoms with Gasteiger partial charge < -0.3 is 10.2 Å². The summed E-state index contributed by atoms with van der Waals surface area (Å²) in [5.41, 5.74) is 0.308. The van der Waals surface area contributed by atoms with E-state index in [-0.39, 0.29) is 33.2 Å². The minimum absolute atomic E-state index is 0.0490. The van der Waals surface area contributed by atoms with Gasteiger partial charge in [-0.3, -0.25) is 14.6 Å². The standard InChI is InChI=1S/C21H14ClF3N4O2/c1-10-19-13(6-11(23)8-27-19)18-16(4-5-26-20(18)25)29(21(10)31)9-17(30)28-12-2-3-14(22)15(24)7-12/h2-8,10H,9H2,1H3,(H,28,30). The fourth-order valence-corrected chi connectivity index (χ4v) is 3.56. The quantitative estimate of drug-likeness (QED) is 0.609. The van der Waals surface area contributed by atoms with Gasteiger partial charge >= 0.3 is 0 Å². The second-order valence-electron chi connectivity index (χ2n) is 6.91. The number of carbonyl (C=O) groups excluding carboxylic acids is 2. The zero-order valence-corrected chi connectivity index (χ0v) is 16.8. The molecule has 0 fully saturated rings. The van der Waals surface area contributed by atoms with E-state index in [4.69, 9.17) is 11.6 Å². The van der Waals surface area contributed by atoms with Crippen molar-refractivity contribution in [3.8, 4) is 11.1 Å². The number of rotatable bonds is 3. The third-order valence-corrected chi connectivity index (χ3v) is 5.19. The summed E-state index contributed by atoms with van der Waals surface area (Å²) in [5.74, 6) is -4.44. The van der Waals surface area contributed by atoms with E-state index in [2.05, 4.69) is 15.3 Å². The minimum atomic E-state index is -0.932. The summed E-state index contributed by atoms with van der Waals surface area (Å²) in [6, 6.07) is 6.15. The molecule has 0 saturated heterocycles. The van der Waals surface area contributed by atoms with Gasteiger partial charge in [0.1, 0.15) is 18.2 Å². The Kier molecular flexibility index (Phi) is 5.36. The molecule has 0 radical (unpaired) electrons. The number of nitrogens with zero attached hydrogens (tertiary/aromatic N) is 3. The summed E-state index contributed by atoms with van der Waals surface area (Å²) in [6.45, 7) is 1.03. The zero-order valence-electron chi connectivity index (χ0n) is 16.0. The fraction of sp³-hybridized carbons (Fsp3) is 0.143. The third kappa shape index (κ3) is 3.84. The maximum Gasteiger partial charge on any atom is 0.244 e. The third-order valence-electron chi connectivity index (χ3n) is 4.88. The highest BCUT2D eigenvalue weighted by Crippen LogP contribution is 2.41. The maximum atomic E-state index is 14.7. The molecular weight excluding hydrogens is 433 g/mol. The van der Waals surface area contributed by atoms with Crippen LogP contribution in [0.25, 0.3) is 11.1 Å². The van der Waals surface area contributed by atoms with Crippen molar-refractivity contribution in [2.45, 2.75) is 12.8 Å². The van der Waals surface area contributed by atoms with E-state index in [1.165, 1.54) is 25.1 Å². The summed E-state index contributed by atoms with van der Waals surface area (Å²) in [5, 5.41) is 2.36. The smallest absolute Gasteiger partial charge is 0.244 e. The molecule has 10 heteroatoms. The van der Waals surface area contributed by atoms with Crippen LogP contribution in [0.2, 0.25) is 5.02 Å². The number of pyridine rings is 2. The van der Waals surface area contributed by atoms with Crippen molar-refractivity contribution in [3.63, 3.8) is 0 Å². The van der Waals surface area contributed by atoms with Crippen LogP contribution < -0.4 is 10.2 Å². The molecule has 0 saturated carbocycles. The molecule has 6 nitrogen and oxygen atoms in total. The van der Waals surface area contributed by atoms with Gasteiger partial charge in [0.25, 0.3) is 0 Å². The van der Waals surface area contributed by atoms with Gasteiger partial charge in [0.15, 0.2) is 0 Å². The summed E-state index contributed by atoms with van der Waals surface area (Å²) in [4.78, 5) is 34.4. The van der Waals surface area contributed by atoms with Crippen LogP contribution in [0.1, 0.15) is 18.5 Å². The number of halogens is 4. The van der Waals surface area contributed by atoms with Crippen molar-refractivity contribution in [1.29, 1.82) is 0 Å². The highest BCUT2D eigenvalue weighted by molar-refractivity contribution is 6.30. The number of fused-ring (bicyclic) bond motifs is 3. The number of aromatic nitrogens is 2. The Hall–Kier alpha value is -3.46. The Labute approximate surface area is 179 Å². The highest BCUT2D eigenvalue weighted by Gasteiger charge is 2.35. The van der Waals surface area contributed by atoms with Crippen LogP contribution in [0.4, 0.5) is 24.5 Å². The van der Waals surface area contributed by atoms with E-state index >= 15 is 0 Å². The molecule has 3 aromatic rings. The molecular formula is C21H14ClF3N4O2. The minimum Gasteiger partial charge on any atom is -0.324 e. The van der Waals surface area contributed by atoms with Crippen LogP contribution in [0.15, 0.2) is 42.7 Å². The second kappa shape index (κ2) is 7.99. The van der Waals surface area contributed by atoms with Gasteiger partial charge in [-0.15, -0.1) is 0 Å². The van der Waals surface area contributed by atoms with Crippen LogP contribution in [0, 0.1) is 17.6 Å². The molecule has 31 heavy (non-hydrogen) atoms. The van der Waals surface area contributed by atoms with Crippen molar-refractivity contribution >= 4 is 34.8 Å². The number of hydrogen-bond acceptors (Lipinski definition) is 4. The van der Waals surface area contributed by atoms with E-state index in [1.54, 1.807) is 0 Å². The average Bonchev–Trinajstić information content (AvgIpc) is 2.81. The predicted molar refractivity (Wildman–Crippen MR) is 108 cm³/mol. The molecule has 0 spiro atoms. The van der Waals surface area contributed by atoms with Gasteiger partial charge in [-0.2, -0.15) is 4.39 Å². The predicted octanol–water partition coefficient (Wildman–Crippen LogP) is 4.30. The molecule has 2 amide bonds. The van der Waals surface area contributed by atoms with E-state index in [0.717, 1.165) is 29.4 Å². The number of carbonyl (C=O) groups is 2. The Morgan fingerprint density at radius 2 is 1.97 bits per heavy atom. The molecule has 3 heterocycles. The van der Waals surface area contributed by atoms with E-state index in [0.29, 0.717) is 0 Å². The first-order chi connectivity index (χ1) is 14.8. The van der Waals surface area contributed by atoms with Gasteiger partial charge in [0, 0.05) is 17.4 Å². The molecule has 0 bridgehead atoms. The molecule has 4 rings (SSSR count). The first-order valence-electron chi connectivity index (χ1n) is 9.13. The lowest BCUT2D eigenvalue weighted by Gasteiger charge is -2.24. The van der Waals surface area contributed by atoms with Crippen molar-refractivity contribution in [2.75, 3.05) is 16.8 Å².